The number of aliphatic hydroxyl groups excluding tert-OH is 1. The largest absolute Gasteiger partial charge is 0.481 e. The van der Waals surface area contributed by atoms with Crippen molar-refractivity contribution in [2.24, 2.45) is 5.92 Å². The van der Waals surface area contributed by atoms with Gasteiger partial charge in [-0.3, -0.25) is 4.79 Å². The summed E-state index contributed by atoms with van der Waals surface area (Å²) in [5.74, 6) is -1.87. The molecule has 0 aromatic heterocycles. The van der Waals surface area contributed by atoms with E-state index in [0.29, 0.717) is 19.2 Å². The highest BCUT2D eigenvalue weighted by atomic mass is 19.1. The van der Waals surface area contributed by atoms with Gasteiger partial charge in [-0.15, -0.1) is 0 Å². The van der Waals surface area contributed by atoms with Crippen molar-refractivity contribution < 1.29 is 23.4 Å². The molecular formula is C15H19F2NO3. The minimum atomic E-state index is -0.830. The number of nitrogens with zero attached hydrogens (tertiary/aromatic N) is 1. The molecule has 1 N–H and O–H groups in total. The van der Waals surface area contributed by atoms with Crippen LogP contribution in [0.3, 0.4) is 0 Å². The lowest BCUT2D eigenvalue weighted by molar-refractivity contribution is -0.136. The Kier molecular flexibility index (Phi) is 5.12. The van der Waals surface area contributed by atoms with Gasteiger partial charge in [0, 0.05) is 25.1 Å². The molecule has 1 aliphatic rings. The zero-order valence-electron chi connectivity index (χ0n) is 11.9. The summed E-state index contributed by atoms with van der Waals surface area (Å²) in [6, 6.07) is 2.95. The Hall–Kier alpha value is -1.69. The zero-order valence-corrected chi connectivity index (χ0v) is 11.9. The van der Waals surface area contributed by atoms with Crippen molar-refractivity contribution in [1.82, 2.24) is 4.90 Å². The van der Waals surface area contributed by atoms with Crippen LogP contribution in [0.15, 0.2) is 18.2 Å². The van der Waals surface area contributed by atoms with Gasteiger partial charge in [-0.2, -0.15) is 0 Å². The van der Waals surface area contributed by atoms with Crippen molar-refractivity contribution in [2.45, 2.75) is 25.9 Å². The van der Waals surface area contributed by atoms with Crippen LogP contribution in [0.2, 0.25) is 0 Å². The Bertz CT molecular complexity index is 508. The van der Waals surface area contributed by atoms with Gasteiger partial charge in [0.1, 0.15) is 5.82 Å². The van der Waals surface area contributed by atoms with Crippen molar-refractivity contribution in [3.8, 4) is 5.75 Å². The number of likely N-dealkylation sites (tertiary alicyclic amines) is 1. The van der Waals surface area contributed by atoms with E-state index in [1.165, 1.54) is 0 Å². The van der Waals surface area contributed by atoms with Gasteiger partial charge in [-0.05, 0) is 31.9 Å². The Labute approximate surface area is 122 Å². The molecule has 6 heteroatoms. The van der Waals surface area contributed by atoms with Crippen molar-refractivity contribution in [2.75, 3.05) is 19.7 Å². The summed E-state index contributed by atoms with van der Waals surface area (Å²) in [5.41, 5.74) is 0. The third-order valence-corrected chi connectivity index (χ3v) is 3.74. The van der Waals surface area contributed by atoms with E-state index in [-0.39, 0.29) is 24.2 Å². The molecule has 1 aromatic carbocycles. The number of hydrogen-bond acceptors (Lipinski definition) is 3. The third kappa shape index (κ3) is 4.14. The second kappa shape index (κ2) is 6.85. The minimum absolute atomic E-state index is 0.0604. The summed E-state index contributed by atoms with van der Waals surface area (Å²) >= 11 is 0. The molecular weight excluding hydrogens is 280 g/mol. The summed E-state index contributed by atoms with van der Waals surface area (Å²) in [6.45, 7) is 2.50. The Morgan fingerprint density at radius 2 is 2.29 bits per heavy atom. The fourth-order valence-corrected chi connectivity index (χ4v) is 2.45. The van der Waals surface area contributed by atoms with Gasteiger partial charge in [0.05, 0.1) is 6.10 Å². The lowest BCUT2D eigenvalue weighted by Crippen LogP contribution is -2.44. The van der Waals surface area contributed by atoms with E-state index in [4.69, 9.17) is 4.74 Å². The fourth-order valence-electron chi connectivity index (χ4n) is 2.45. The van der Waals surface area contributed by atoms with Crippen LogP contribution in [-0.4, -0.2) is 41.7 Å². The molecule has 0 aliphatic carbocycles. The Morgan fingerprint density at radius 1 is 1.52 bits per heavy atom. The summed E-state index contributed by atoms with van der Waals surface area (Å²) in [5, 5.41) is 9.59. The number of ether oxygens (including phenoxy) is 1. The number of amides is 1. The molecule has 2 unspecified atom stereocenters. The predicted octanol–water partition coefficient (Wildman–Crippen LogP) is 1.96. The van der Waals surface area contributed by atoms with Gasteiger partial charge in [-0.1, -0.05) is 0 Å². The van der Waals surface area contributed by atoms with Gasteiger partial charge in [0.2, 0.25) is 0 Å². The second-order valence-corrected chi connectivity index (χ2v) is 5.35. The van der Waals surface area contributed by atoms with Crippen molar-refractivity contribution in [3.05, 3.63) is 29.8 Å². The van der Waals surface area contributed by atoms with Crippen LogP contribution in [-0.2, 0) is 4.79 Å². The molecule has 21 heavy (non-hydrogen) atoms. The molecule has 1 fully saturated rings. The topological polar surface area (TPSA) is 49.8 Å². The maximum atomic E-state index is 13.4. The number of aliphatic hydroxyl groups is 1. The quantitative estimate of drug-likeness (QED) is 0.924. The van der Waals surface area contributed by atoms with Crippen molar-refractivity contribution >= 4 is 5.91 Å². The lowest BCUT2D eigenvalue weighted by atomic mass is 9.93. The molecule has 0 spiro atoms. The van der Waals surface area contributed by atoms with Crippen molar-refractivity contribution in [1.29, 1.82) is 0 Å². The second-order valence-electron chi connectivity index (χ2n) is 5.35. The zero-order chi connectivity index (χ0) is 15.4. The van der Waals surface area contributed by atoms with Crippen LogP contribution >= 0.6 is 0 Å². The summed E-state index contributed by atoms with van der Waals surface area (Å²) in [7, 11) is 0. The van der Waals surface area contributed by atoms with E-state index in [1.807, 2.05) is 0 Å². The van der Waals surface area contributed by atoms with Crippen LogP contribution in [0.1, 0.15) is 19.8 Å². The van der Waals surface area contributed by atoms with Crippen molar-refractivity contribution in [3.63, 3.8) is 0 Å². The maximum absolute atomic E-state index is 13.4. The normalized spacial score (nSPS) is 20.2. The third-order valence-electron chi connectivity index (χ3n) is 3.74. The molecule has 2 rings (SSSR count). The molecule has 1 saturated heterocycles. The molecule has 0 radical (unpaired) electrons. The highest BCUT2D eigenvalue weighted by Crippen LogP contribution is 2.21. The summed E-state index contributed by atoms with van der Waals surface area (Å²) < 4.78 is 31.3. The van der Waals surface area contributed by atoms with Crippen LogP contribution in [0.5, 0.6) is 5.75 Å². The van der Waals surface area contributed by atoms with Gasteiger partial charge in [0.15, 0.2) is 18.2 Å². The SMILES string of the molecule is CC(O)C1CCCN(C(=O)COc2ccc(F)cc2F)C1. The molecule has 0 saturated carbocycles. The van der Waals surface area contributed by atoms with Gasteiger partial charge in [-0.25, -0.2) is 8.78 Å². The van der Waals surface area contributed by atoms with E-state index in [1.54, 1.807) is 11.8 Å². The first-order valence-electron chi connectivity index (χ1n) is 7.01. The first-order valence-corrected chi connectivity index (χ1v) is 7.01. The first kappa shape index (κ1) is 15.7. The van der Waals surface area contributed by atoms with Crippen LogP contribution in [0.4, 0.5) is 8.78 Å². The number of piperidine rings is 1. The standard InChI is InChI=1S/C15H19F2NO3/c1-10(19)11-3-2-6-18(8-11)15(20)9-21-14-5-4-12(16)7-13(14)17/h4-5,7,10-11,19H,2-3,6,8-9H2,1H3. The highest BCUT2D eigenvalue weighted by Gasteiger charge is 2.26. The number of benzene rings is 1. The first-order chi connectivity index (χ1) is 9.97. The van der Waals surface area contributed by atoms with Gasteiger partial charge >= 0.3 is 0 Å². The lowest BCUT2D eigenvalue weighted by Gasteiger charge is -2.34. The molecule has 1 aliphatic heterocycles. The fraction of sp³-hybridized carbons (Fsp3) is 0.533. The van der Waals surface area contributed by atoms with Crippen LogP contribution < -0.4 is 4.74 Å². The van der Waals surface area contributed by atoms with Gasteiger partial charge < -0.3 is 14.7 Å². The number of carbonyl (C=O) groups is 1. The number of hydrogen-bond donors (Lipinski definition) is 1. The van der Waals surface area contributed by atoms with Crippen LogP contribution in [0.25, 0.3) is 0 Å². The Balaban J connectivity index is 1.89. The van der Waals surface area contributed by atoms with E-state index in [0.717, 1.165) is 25.0 Å². The van der Waals surface area contributed by atoms with E-state index >= 15 is 0 Å². The Morgan fingerprint density at radius 3 is 2.95 bits per heavy atom. The van der Waals surface area contributed by atoms with E-state index < -0.39 is 17.7 Å². The van der Waals surface area contributed by atoms with E-state index in [9.17, 15) is 18.7 Å². The predicted molar refractivity (Wildman–Crippen MR) is 72.8 cm³/mol. The minimum Gasteiger partial charge on any atom is -0.481 e. The molecule has 1 amide bonds. The average Bonchev–Trinajstić information content (AvgIpc) is 2.46. The summed E-state index contributed by atoms with van der Waals surface area (Å²) in [6.07, 6.45) is 1.25. The van der Waals surface area contributed by atoms with Gasteiger partial charge in [0.25, 0.3) is 5.91 Å². The number of rotatable bonds is 4. The molecule has 2 atom stereocenters. The molecule has 1 aromatic rings. The van der Waals surface area contributed by atoms with E-state index in [2.05, 4.69) is 0 Å². The maximum Gasteiger partial charge on any atom is 0.260 e. The molecule has 0 bridgehead atoms. The highest BCUT2D eigenvalue weighted by molar-refractivity contribution is 5.77. The molecule has 1 heterocycles. The number of carbonyl (C=O) groups excluding carboxylic acids is 1. The van der Waals surface area contributed by atoms with Crippen LogP contribution in [0, 0.1) is 17.6 Å². The summed E-state index contributed by atoms with van der Waals surface area (Å²) in [4.78, 5) is 13.7. The monoisotopic (exact) mass is 299 g/mol. The average molecular weight is 299 g/mol. The number of halogens is 2. The molecule has 4 nitrogen and oxygen atoms in total. The molecule has 116 valence electrons. The smallest absolute Gasteiger partial charge is 0.260 e.